The number of fused-ring (bicyclic) bond motifs is 18. The molecule has 0 amide bonds. The van der Waals surface area contributed by atoms with E-state index >= 15 is 52.7 Å². The summed E-state index contributed by atoms with van der Waals surface area (Å²) in [6.07, 6.45) is 0. The van der Waals surface area contributed by atoms with Crippen molar-refractivity contribution in [2.45, 2.75) is 0 Å². The van der Waals surface area contributed by atoms with Crippen LogP contribution in [0.1, 0.15) is 0 Å². The minimum absolute atomic E-state index is 0.385. The fourth-order valence-electron chi connectivity index (χ4n) is 22.3. The largest absolute Gasteiger partial charge is 0.204 e. The Morgan fingerprint density at radius 3 is 0.229 bits per heavy atom. The fraction of sp³-hybridized carbons (Fsp3) is 0. The highest BCUT2D eigenvalue weighted by molar-refractivity contribution is 9.11. The molecule has 0 heterocycles. The van der Waals surface area contributed by atoms with Gasteiger partial charge in [0.2, 0.25) is 0 Å². The maximum Gasteiger partial charge on any atom is 0.159 e. The highest BCUT2D eigenvalue weighted by atomic mass is 79.9. The average molecular weight is 2280 g/mol. The lowest BCUT2D eigenvalue weighted by Gasteiger charge is -2.23. The average Bonchev–Trinajstić information content (AvgIpc) is 0.704. The molecule has 0 bridgehead atoms. The summed E-state index contributed by atoms with van der Waals surface area (Å²) in [6, 6.07) is 108. The Labute approximate surface area is 861 Å². The summed E-state index contributed by atoms with van der Waals surface area (Å²) in [5, 5.41) is 25.3. The number of rotatable bonds is 6. The van der Waals surface area contributed by atoms with Gasteiger partial charge in [-0.1, -0.05) is 291 Å². The second-order valence-electron chi connectivity index (χ2n) is 35.8. The zero-order chi connectivity index (χ0) is 98.5. The third-order valence-corrected chi connectivity index (χ3v) is 33.4. The van der Waals surface area contributed by atoms with E-state index in [1.165, 1.54) is 72.8 Å². The van der Waals surface area contributed by atoms with Crippen molar-refractivity contribution in [3.63, 3.8) is 0 Å². The third-order valence-electron chi connectivity index (χ3n) is 28.3. The molecule has 27 aromatic rings. The van der Waals surface area contributed by atoms with Crippen molar-refractivity contribution in [2.75, 3.05) is 0 Å². The van der Waals surface area contributed by atoms with E-state index in [0.717, 1.165) is 156 Å². The maximum absolute atomic E-state index is 15.6. The van der Waals surface area contributed by atoms with Crippen LogP contribution in [0.4, 0.5) is 52.7 Å². The first kappa shape index (κ1) is 90.9. The van der Waals surface area contributed by atoms with Gasteiger partial charge in [0.15, 0.2) is 69.8 Å². The van der Waals surface area contributed by atoms with E-state index < -0.39 is 69.8 Å². The first-order valence-electron chi connectivity index (χ1n) is 45.8. The summed E-state index contributed by atoms with van der Waals surface area (Å²) in [7, 11) is 0. The van der Waals surface area contributed by atoms with E-state index in [0.29, 0.717) is 131 Å². The highest BCUT2D eigenvalue weighted by Crippen LogP contribution is 2.59. The van der Waals surface area contributed by atoms with E-state index in [-0.39, 0.29) is 0 Å². The minimum Gasteiger partial charge on any atom is -0.204 e. The van der Waals surface area contributed by atoms with Crippen LogP contribution in [0.25, 0.3) is 261 Å². The van der Waals surface area contributed by atoms with Gasteiger partial charge < -0.3 is 0 Å². The monoisotopic (exact) mass is 2270 g/mol. The summed E-state index contributed by atoms with van der Waals surface area (Å²) < 4.78 is 192. The summed E-state index contributed by atoms with van der Waals surface area (Å²) in [5.74, 6) is -12.4. The summed E-state index contributed by atoms with van der Waals surface area (Å²) in [6.45, 7) is 0. The second-order valence-corrected chi connectivity index (χ2v) is 40.6. The molecule has 0 aromatic heterocycles. The van der Waals surface area contributed by atoms with Gasteiger partial charge in [0.25, 0.3) is 0 Å². The van der Waals surface area contributed by atoms with Crippen molar-refractivity contribution in [1.82, 2.24) is 0 Å². The fourth-order valence-corrected chi connectivity index (χ4v) is 26.5. The molecule has 0 aliphatic carbocycles. The molecule has 0 spiro atoms. The SMILES string of the molecule is Fc1cc2c(-c3c4ccccc4c(Br)c4ccccc34)c3cc(F)c(F)cc3c(-c3c4ccccc4c(Br)c4ccccc34)c2cc1F.Fc1cc2c(-c3c4ccccc4c(Br)c4ccccc34)c3cc(F)c(F)cc3c(-c3c4ccccc4c(Br)c4ccccc34)c2cc1F.Fc1cc2c(-c3c4ccccc4c(Br)c4ccccc34)c3cc(F)c(F)cc3c(-c3c4ccccc4c(Br)c4ccccc34)c2cc1F. The first-order valence-corrected chi connectivity index (χ1v) is 50.5. The maximum atomic E-state index is 15.6. The van der Waals surface area contributed by atoms with Crippen molar-refractivity contribution >= 4 is 289 Å². The van der Waals surface area contributed by atoms with Crippen LogP contribution in [0.2, 0.25) is 0 Å². The molecule has 0 radical (unpaired) electrons. The molecule has 0 saturated heterocycles. The zero-order valence-corrected chi connectivity index (χ0v) is 84.0. The van der Waals surface area contributed by atoms with Crippen LogP contribution < -0.4 is 0 Å². The lowest BCUT2D eigenvalue weighted by molar-refractivity contribution is 0.510. The van der Waals surface area contributed by atoms with E-state index in [1.807, 2.05) is 291 Å². The molecule has 0 N–H and O–H groups in total. The predicted molar refractivity (Wildman–Crippen MR) is 593 cm³/mol. The van der Waals surface area contributed by atoms with Crippen molar-refractivity contribution in [3.8, 4) is 66.8 Å². The molecular weight excluding hydrogens is 2220 g/mol. The van der Waals surface area contributed by atoms with E-state index in [9.17, 15) is 0 Å². The van der Waals surface area contributed by atoms with Gasteiger partial charge in [0.05, 0.1) is 0 Å². The number of benzene rings is 27. The van der Waals surface area contributed by atoms with Gasteiger partial charge in [-0.25, -0.2) is 52.7 Å². The quantitative estimate of drug-likeness (QED) is 0.115. The molecule has 690 valence electrons. The standard InChI is InChI=1S/3C42H20Br2F4/c3*43-41-25-13-5-1-9-21(25)37(22-10-2-6-14-26(22)41)39-29-17-33(45)35(47)19-31(29)40(32-20-36(48)34(46)18-30(32)39)38-23-11-3-7-15-27(23)42(44)28-16-8-4-12-24(28)38/h3*1-20H. The first-order chi connectivity index (χ1) is 70.0. The molecule has 0 nitrogen and oxygen atoms in total. The molecule has 0 atom stereocenters. The third kappa shape index (κ3) is 14.1. The van der Waals surface area contributed by atoms with Crippen molar-refractivity contribution in [3.05, 3.63) is 461 Å². The van der Waals surface area contributed by atoms with Crippen LogP contribution in [0.3, 0.4) is 0 Å². The van der Waals surface area contributed by atoms with E-state index in [1.54, 1.807) is 0 Å². The lowest BCUT2D eigenvalue weighted by atomic mass is 9.81. The van der Waals surface area contributed by atoms with E-state index in [4.69, 9.17) is 0 Å². The van der Waals surface area contributed by atoms with Crippen LogP contribution in [0.5, 0.6) is 0 Å². The molecule has 0 aliphatic rings. The van der Waals surface area contributed by atoms with Gasteiger partial charge in [-0.05, 0) is 429 Å². The second kappa shape index (κ2) is 35.3. The van der Waals surface area contributed by atoms with Gasteiger partial charge >= 0.3 is 0 Å². The lowest BCUT2D eigenvalue weighted by Crippen LogP contribution is -1.98. The van der Waals surface area contributed by atoms with Gasteiger partial charge in [0.1, 0.15) is 0 Å². The predicted octanol–water partition coefficient (Wildman–Crippen LogP) is 42.1. The summed E-state index contributed by atoms with van der Waals surface area (Å²) in [5.41, 5.74) is 7.25. The van der Waals surface area contributed by atoms with Crippen LogP contribution in [0, 0.1) is 69.8 Å². The Morgan fingerprint density at radius 2 is 0.153 bits per heavy atom. The molecule has 144 heavy (non-hydrogen) atoms. The molecule has 0 fully saturated rings. The highest BCUT2D eigenvalue weighted by Gasteiger charge is 2.33. The normalized spacial score (nSPS) is 12.0. The smallest absolute Gasteiger partial charge is 0.159 e. The Bertz CT molecular complexity index is 8380. The van der Waals surface area contributed by atoms with Crippen LogP contribution >= 0.6 is 95.6 Å². The molecular formula is C126H60Br6F12. The molecule has 27 rings (SSSR count). The van der Waals surface area contributed by atoms with Crippen molar-refractivity contribution < 1.29 is 52.7 Å². The summed E-state index contributed by atoms with van der Waals surface area (Å²) >= 11 is 22.8. The van der Waals surface area contributed by atoms with Crippen LogP contribution in [-0.2, 0) is 0 Å². The van der Waals surface area contributed by atoms with Crippen LogP contribution in [-0.4, -0.2) is 0 Å². The van der Waals surface area contributed by atoms with E-state index in [2.05, 4.69) is 95.6 Å². The topological polar surface area (TPSA) is 0 Å². The Hall–Kier alpha value is -14.3. The molecule has 0 saturated carbocycles. The zero-order valence-electron chi connectivity index (χ0n) is 74.4. The van der Waals surface area contributed by atoms with Gasteiger partial charge in [-0.3, -0.25) is 0 Å². The minimum atomic E-state index is -1.03. The Morgan fingerprint density at radius 1 is 0.0903 bits per heavy atom. The van der Waals surface area contributed by atoms with Gasteiger partial charge in [-0.2, -0.15) is 0 Å². The molecule has 18 heteroatoms. The number of hydrogen-bond donors (Lipinski definition) is 0. The van der Waals surface area contributed by atoms with Crippen molar-refractivity contribution in [2.24, 2.45) is 0 Å². The molecule has 27 aromatic carbocycles. The molecule has 0 unspecified atom stereocenters. The number of halogens is 18. The van der Waals surface area contributed by atoms with Crippen LogP contribution in [0.15, 0.2) is 391 Å². The Balaban J connectivity index is 0.000000113. The van der Waals surface area contributed by atoms with Crippen molar-refractivity contribution in [1.29, 1.82) is 0 Å². The summed E-state index contributed by atoms with van der Waals surface area (Å²) in [4.78, 5) is 0. The van der Waals surface area contributed by atoms with Gasteiger partial charge in [-0.15, -0.1) is 0 Å². The van der Waals surface area contributed by atoms with Gasteiger partial charge in [0, 0.05) is 26.8 Å². The Kier molecular flexibility index (Phi) is 22.3. The number of hydrogen-bond acceptors (Lipinski definition) is 0. The molecule has 0 aliphatic heterocycles.